The molecule has 0 aliphatic heterocycles. The van der Waals surface area contributed by atoms with Crippen LogP contribution in [-0.2, 0) is 9.47 Å². The van der Waals surface area contributed by atoms with Crippen LogP contribution >= 0.6 is 0 Å². The highest BCUT2D eigenvalue weighted by Crippen LogP contribution is 2.12. The zero-order chi connectivity index (χ0) is 9.61. The number of aliphatic hydroxyl groups is 2. The van der Waals surface area contributed by atoms with Gasteiger partial charge in [0.25, 0.3) is 0 Å². The molecule has 0 aliphatic carbocycles. The molecular weight excluding hydrogens is 160 g/mol. The maximum absolute atomic E-state index is 9.68. The molecule has 0 aromatic carbocycles. The Balaban J connectivity index is 3.70. The summed E-state index contributed by atoms with van der Waals surface area (Å²) in [5.41, 5.74) is -0.996. The molecule has 0 spiro atoms. The van der Waals surface area contributed by atoms with Gasteiger partial charge in [0.2, 0.25) is 0 Å². The van der Waals surface area contributed by atoms with E-state index in [0.29, 0.717) is 0 Å². The van der Waals surface area contributed by atoms with Crippen LogP contribution in [-0.4, -0.2) is 48.8 Å². The lowest BCUT2D eigenvalue weighted by molar-refractivity contribution is -0.117. The molecule has 4 nitrogen and oxygen atoms in total. The predicted molar refractivity (Wildman–Crippen MR) is 45.0 cm³/mol. The zero-order valence-corrected chi connectivity index (χ0v) is 7.91. The molecule has 0 saturated heterocycles. The van der Waals surface area contributed by atoms with Crippen molar-refractivity contribution in [2.24, 2.45) is 0 Å². The lowest BCUT2D eigenvalue weighted by atomic mass is 10.0. The topological polar surface area (TPSA) is 58.9 Å². The van der Waals surface area contributed by atoms with Crippen molar-refractivity contribution in [2.45, 2.75) is 25.6 Å². The number of aliphatic hydroxyl groups excluding tert-OH is 1. The second-order valence-corrected chi connectivity index (χ2v) is 3.01. The minimum absolute atomic E-state index is 0.0303. The van der Waals surface area contributed by atoms with Gasteiger partial charge in [-0.2, -0.15) is 0 Å². The van der Waals surface area contributed by atoms with Gasteiger partial charge < -0.3 is 19.7 Å². The molecule has 0 fully saturated rings. The van der Waals surface area contributed by atoms with Crippen LogP contribution in [0.3, 0.4) is 0 Å². The second kappa shape index (κ2) is 5.48. The van der Waals surface area contributed by atoms with Crippen LogP contribution in [0, 0.1) is 0 Å². The van der Waals surface area contributed by atoms with E-state index in [-0.39, 0.29) is 25.9 Å². The lowest BCUT2D eigenvalue weighted by Gasteiger charge is -2.28. The first kappa shape index (κ1) is 11.8. The molecule has 0 aromatic rings. The Labute approximate surface area is 73.1 Å². The van der Waals surface area contributed by atoms with E-state index in [4.69, 9.17) is 14.6 Å². The molecule has 4 heteroatoms. The van der Waals surface area contributed by atoms with Gasteiger partial charge >= 0.3 is 0 Å². The molecule has 0 rings (SSSR count). The van der Waals surface area contributed by atoms with Crippen molar-refractivity contribution in [1.29, 1.82) is 0 Å². The third-order valence-electron chi connectivity index (χ3n) is 1.86. The van der Waals surface area contributed by atoms with E-state index in [1.54, 1.807) is 13.8 Å². The number of methoxy groups -OCH3 is 1. The van der Waals surface area contributed by atoms with Crippen LogP contribution in [0.1, 0.15) is 13.8 Å². The van der Waals surface area contributed by atoms with Crippen LogP contribution in [0.25, 0.3) is 0 Å². The van der Waals surface area contributed by atoms with Crippen molar-refractivity contribution in [2.75, 3.05) is 26.9 Å². The van der Waals surface area contributed by atoms with Crippen molar-refractivity contribution >= 4 is 0 Å². The minimum Gasteiger partial charge on any atom is -0.394 e. The lowest BCUT2D eigenvalue weighted by Crippen LogP contribution is -2.43. The highest BCUT2D eigenvalue weighted by molar-refractivity contribution is 4.79. The molecule has 0 amide bonds. The van der Waals surface area contributed by atoms with E-state index in [0.717, 1.165) is 0 Å². The van der Waals surface area contributed by atoms with E-state index in [1.165, 1.54) is 7.11 Å². The number of hydrogen-bond donors (Lipinski definition) is 2. The van der Waals surface area contributed by atoms with E-state index in [9.17, 15) is 5.11 Å². The predicted octanol–water partition coefficient (Wildman–Crippen LogP) is -0.219. The minimum atomic E-state index is -0.996. The van der Waals surface area contributed by atoms with Gasteiger partial charge in [0, 0.05) is 7.11 Å². The summed E-state index contributed by atoms with van der Waals surface area (Å²) >= 11 is 0. The first-order chi connectivity index (χ1) is 5.54. The smallest absolute Gasteiger partial charge is 0.111 e. The Morgan fingerprint density at radius 3 is 2.50 bits per heavy atom. The Bertz CT molecular complexity index is 114. The summed E-state index contributed by atoms with van der Waals surface area (Å²) in [7, 11) is 1.53. The summed E-state index contributed by atoms with van der Waals surface area (Å²) in [5, 5.41) is 18.1. The van der Waals surface area contributed by atoms with Gasteiger partial charge in [-0.05, 0) is 13.8 Å². The monoisotopic (exact) mass is 178 g/mol. The molecule has 2 unspecified atom stereocenters. The first-order valence-corrected chi connectivity index (χ1v) is 3.98. The fourth-order valence-corrected chi connectivity index (χ4v) is 0.715. The largest absolute Gasteiger partial charge is 0.394 e. The van der Waals surface area contributed by atoms with E-state index in [2.05, 4.69) is 0 Å². The summed E-state index contributed by atoms with van der Waals surface area (Å²) in [6, 6.07) is 0. The van der Waals surface area contributed by atoms with Crippen LogP contribution in [0.15, 0.2) is 0 Å². The van der Waals surface area contributed by atoms with Crippen LogP contribution in [0.4, 0.5) is 0 Å². The standard InChI is InChI=1S/C8H18O4/c1-7(11-3)8(2,10)6-12-5-4-9/h7,9-10H,4-6H2,1-3H3. The second-order valence-electron chi connectivity index (χ2n) is 3.01. The molecule has 12 heavy (non-hydrogen) atoms. The van der Waals surface area contributed by atoms with Crippen LogP contribution < -0.4 is 0 Å². The summed E-state index contributed by atoms with van der Waals surface area (Å²) in [5.74, 6) is 0. The van der Waals surface area contributed by atoms with Crippen molar-refractivity contribution in [3.63, 3.8) is 0 Å². The van der Waals surface area contributed by atoms with Gasteiger partial charge in [-0.15, -0.1) is 0 Å². The Morgan fingerprint density at radius 2 is 2.08 bits per heavy atom. The summed E-state index contributed by atoms with van der Waals surface area (Å²) in [6.07, 6.45) is -0.281. The van der Waals surface area contributed by atoms with Crippen molar-refractivity contribution < 1.29 is 19.7 Å². The normalized spacial score (nSPS) is 18.8. The molecule has 0 bridgehead atoms. The Kier molecular flexibility index (Phi) is 5.41. The van der Waals surface area contributed by atoms with Gasteiger partial charge in [-0.25, -0.2) is 0 Å². The average molecular weight is 178 g/mol. The number of hydrogen-bond acceptors (Lipinski definition) is 4. The SMILES string of the molecule is COC(C)C(C)(O)COCCO. The highest BCUT2D eigenvalue weighted by atomic mass is 16.5. The molecule has 0 heterocycles. The molecule has 2 N–H and O–H groups in total. The molecule has 2 atom stereocenters. The fraction of sp³-hybridized carbons (Fsp3) is 1.00. The van der Waals surface area contributed by atoms with E-state index < -0.39 is 5.60 Å². The molecule has 0 saturated carbocycles. The number of rotatable bonds is 6. The molecule has 0 radical (unpaired) electrons. The van der Waals surface area contributed by atoms with Gasteiger partial charge in [-0.1, -0.05) is 0 Å². The number of ether oxygens (including phenoxy) is 2. The Morgan fingerprint density at radius 1 is 1.50 bits per heavy atom. The third-order valence-corrected chi connectivity index (χ3v) is 1.86. The third kappa shape index (κ3) is 4.01. The van der Waals surface area contributed by atoms with Crippen molar-refractivity contribution in [1.82, 2.24) is 0 Å². The van der Waals surface area contributed by atoms with Crippen LogP contribution in [0.5, 0.6) is 0 Å². The molecular formula is C8H18O4. The van der Waals surface area contributed by atoms with Gasteiger partial charge in [0.15, 0.2) is 0 Å². The van der Waals surface area contributed by atoms with Gasteiger partial charge in [0.05, 0.1) is 25.9 Å². The highest BCUT2D eigenvalue weighted by Gasteiger charge is 2.28. The summed E-state index contributed by atoms with van der Waals surface area (Å²) in [6.45, 7) is 3.79. The van der Waals surface area contributed by atoms with E-state index in [1.807, 2.05) is 0 Å². The average Bonchev–Trinajstić information content (AvgIpc) is 2.03. The first-order valence-electron chi connectivity index (χ1n) is 3.98. The summed E-state index contributed by atoms with van der Waals surface area (Å²) < 4.78 is 9.94. The molecule has 0 aromatic heterocycles. The van der Waals surface area contributed by atoms with Crippen molar-refractivity contribution in [3.05, 3.63) is 0 Å². The zero-order valence-electron chi connectivity index (χ0n) is 7.91. The summed E-state index contributed by atoms with van der Waals surface area (Å²) in [4.78, 5) is 0. The van der Waals surface area contributed by atoms with Crippen molar-refractivity contribution in [3.8, 4) is 0 Å². The fourth-order valence-electron chi connectivity index (χ4n) is 0.715. The van der Waals surface area contributed by atoms with E-state index >= 15 is 0 Å². The maximum Gasteiger partial charge on any atom is 0.111 e. The maximum atomic E-state index is 9.68. The Hall–Kier alpha value is -0.160. The molecule has 74 valence electrons. The molecule has 0 aliphatic rings. The van der Waals surface area contributed by atoms with Gasteiger partial charge in [0.1, 0.15) is 5.60 Å². The van der Waals surface area contributed by atoms with Gasteiger partial charge in [-0.3, -0.25) is 0 Å². The quantitative estimate of drug-likeness (QED) is 0.552. The van der Waals surface area contributed by atoms with Crippen LogP contribution in [0.2, 0.25) is 0 Å².